The molecule has 0 radical (unpaired) electrons. The van der Waals surface area contributed by atoms with Crippen molar-refractivity contribution in [3.63, 3.8) is 0 Å². The number of nitrogens with two attached hydrogens (primary N) is 1. The van der Waals surface area contributed by atoms with Gasteiger partial charge in [-0.1, -0.05) is 24.4 Å². The van der Waals surface area contributed by atoms with Crippen LogP contribution in [-0.4, -0.2) is 22.6 Å². The van der Waals surface area contributed by atoms with E-state index in [0.717, 1.165) is 32.2 Å². The number of aryl methyl sites for hydroxylation is 1. The van der Waals surface area contributed by atoms with Gasteiger partial charge in [-0.2, -0.15) is 0 Å². The smallest absolute Gasteiger partial charge is 0.268 e. The monoisotopic (exact) mass is 269 g/mol. The van der Waals surface area contributed by atoms with Crippen molar-refractivity contribution < 1.29 is 4.79 Å². The lowest BCUT2D eigenvalue weighted by Crippen LogP contribution is -2.52. The Morgan fingerprint density at radius 3 is 2.78 bits per heavy atom. The zero-order valence-electron chi connectivity index (χ0n) is 10.7. The Labute approximate surface area is 112 Å². The highest BCUT2D eigenvalue weighted by Crippen LogP contribution is 2.29. The molecule has 2 rings (SSSR count). The molecule has 4 nitrogen and oxygen atoms in total. The normalized spacial score (nSPS) is 17.9. The SMILES string of the molecule is CCn1cc(Cl)cc1C(=O)NC1(CN)CCCC1. The third kappa shape index (κ3) is 2.54. The van der Waals surface area contributed by atoms with Crippen LogP contribution in [0, 0.1) is 0 Å². The maximum atomic E-state index is 12.3. The number of hydrogen-bond donors (Lipinski definition) is 2. The number of halogens is 1. The first-order valence-corrected chi connectivity index (χ1v) is 6.86. The van der Waals surface area contributed by atoms with Crippen LogP contribution in [0.5, 0.6) is 0 Å². The zero-order valence-corrected chi connectivity index (χ0v) is 11.5. The molecule has 1 heterocycles. The van der Waals surface area contributed by atoms with Gasteiger partial charge in [0, 0.05) is 19.3 Å². The fraction of sp³-hybridized carbons (Fsp3) is 0.615. The average Bonchev–Trinajstić information content (AvgIpc) is 2.96. The van der Waals surface area contributed by atoms with Gasteiger partial charge in [0.25, 0.3) is 5.91 Å². The fourth-order valence-corrected chi connectivity index (χ4v) is 2.88. The third-order valence-electron chi connectivity index (χ3n) is 3.77. The van der Waals surface area contributed by atoms with Crippen molar-refractivity contribution >= 4 is 17.5 Å². The number of hydrogen-bond acceptors (Lipinski definition) is 2. The van der Waals surface area contributed by atoms with E-state index in [0.29, 0.717) is 17.3 Å². The van der Waals surface area contributed by atoms with Gasteiger partial charge < -0.3 is 15.6 Å². The van der Waals surface area contributed by atoms with Crippen LogP contribution >= 0.6 is 11.6 Å². The minimum Gasteiger partial charge on any atom is -0.344 e. The lowest BCUT2D eigenvalue weighted by Gasteiger charge is -2.28. The predicted molar refractivity (Wildman–Crippen MR) is 72.8 cm³/mol. The summed E-state index contributed by atoms with van der Waals surface area (Å²) in [6.45, 7) is 3.21. The highest BCUT2D eigenvalue weighted by Gasteiger charge is 2.34. The quantitative estimate of drug-likeness (QED) is 0.880. The Balaban J connectivity index is 2.16. The summed E-state index contributed by atoms with van der Waals surface area (Å²) in [6, 6.07) is 1.71. The first-order chi connectivity index (χ1) is 8.60. The number of carbonyl (C=O) groups excluding carboxylic acids is 1. The minimum atomic E-state index is -0.216. The van der Waals surface area contributed by atoms with Crippen LogP contribution in [0.25, 0.3) is 0 Å². The van der Waals surface area contributed by atoms with Gasteiger partial charge in [-0.05, 0) is 25.8 Å². The summed E-state index contributed by atoms with van der Waals surface area (Å²) < 4.78 is 1.86. The Morgan fingerprint density at radius 2 is 2.22 bits per heavy atom. The standard InChI is InChI=1S/C13H20ClN3O/c1-2-17-8-10(14)7-11(17)12(18)16-13(9-15)5-3-4-6-13/h7-8H,2-6,9,15H2,1H3,(H,16,18). The second-order valence-corrected chi connectivity index (χ2v) is 5.41. The van der Waals surface area contributed by atoms with E-state index >= 15 is 0 Å². The summed E-state index contributed by atoms with van der Waals surface area (Å²) in [5.41, 5.74) is 6.22. The van der Waals surface area contributed by atoms with E-state index in [1.54, 1.807) is 12.3 Å². The van der Waals surface area contributed by atoms with Gasteiger partial charge in [-0.15, -0.1) is 0 Å². The molecule has 1 aromatic heterocycles. The van der Waals surface area contributed by atoms with Crippen molar-refractivity contribution in [3.05, 3.63) is 23.0 Å². The van der Waals surface area contributed by atoms with E-state index < -0.39 is 0 Å². The van der Waals surface area contributed by atoms with Crippen molar-refractivity contribution in [1.82, 2.24) is 9.88 Å². The molecule has 0 bridgehead atoms. The molecule has 1 aromatic rings. The number of nitrogens with one attached hydrogen (secondary N) is 1. The summed E-state index contributed by atoms with van der Waals surface area (Å²) in [5, 5.41) is 3.70. The van der Waals surface area contributed by atoms with Crippen LogP contribution < -0.4 is 11.1 Å². The van der Waals surface area contributed by atoms with Crippen molar-refractivity contribution in [2.45, 2.75) is 44.7 Å². The van der Waals surface area contributed by atoms with E-state index in [2.05, 4.69) is 5.32 Å². The molecule has 1 aliphatic carbocycles. The van der Waals surface area contributed by atoms with Gasteiger partial charge in [0.1, 0.15) is 5.69 Å². The first-order valence-electron chi connectivity index (χ1n) is 6.48. The molecule has 0 unspecified atom stereocenters. The molecule has 1 fully saturated rings. The number of nitrogens with zero attached hydrogens (tertiary/aromatic N) is 1. The molecule has 100 valence electrons. The van der Waals surface area contributed by atoms with E-state index in [1.807, 2.05) is 11.5 Å². The lowest BCUT2D eigenvalue weighted by molar-refractivity contribution is 0.0893. The Kier molecular flexibility index (Phi) is 3.97. The molecule has 1 amide bonds. The Hall–Kier alpha value is -1.00. The van der Waals surface area contributed by atoms with Gasteiger partial charge in [-0.25, -0.2) is 0 Å². The molecule has 0 spiro atoms. The number of rotatable bonds is 4. The van der Waals surface area contributed by atoms with E-state index in [1.165, 1.54) is 0 Å². The van der Waals surface area contributed by atoms with Crippen LogP contribution in [0.15, 0.2) is 12.3 Å². The Morgan fingerprint density at radius 1 is 1.56 bits per heavy atom. The second kappa shape index (κ2) is 5.33. The molecular formula is C13H20ClN3O. The van der Waals surface area contributed by atoms with Gasteiger partial charge >= 0.3 is 0 Å². The molecule has 1 aliphatic rings. The van der Waals surface area contributed by atoms with Crippen LogP contribution in [0.3, 0.4) is 0 Å². The molecule has 18 heavy (non-hydrogen) atoms. The first kappa shape index (κ1) is 13.4. The topological polar surface area (TPSA) is 60.0 Å². The summed E-state index contributed by atoms with van der Waals surface area (Å²) in [6.07, 6.45) is 5.98. The number of carbonyl (C=O) groups is 1. The molecule has 0 aliphatic heterocycles. The van der Waals surface area contributed by atoms with Crippen LogP contribution in [0.1, 0.15) is 43.1 Å². The van der Waals surface area contributed by atoms with E-state index in [-0.39, 0.29) is 11.4 Å². The highest BCUT2D eigenvalue weighted by atomic mass is 35.5. The lowest BCUT2D eigenvalue weighted by atomic mass is 9.97. The zero-order chi connectivity index (χ0) is 13.2. The van der Waals surface area contributed by atoms with Gasteiger partial charge in [0.15, 0.2) is 0 Å². The van der Waals surface area contributed by atoms with Crippen LogP contribution in [-0.2, 0) is 6.54 Å². The summed E-state index contributed by atoms with van der Waals surface area (Å²) >= 11 is 5.95. The summed E-state index contributed by atoms with van der Waals surface area (Å²) in [7, 11) is 0. The van der Waals surface area contributed by atoms with Gasteiger partial charge in [-0.3, -0.25) is 4.79 Å². The summed E-state index contributed by atoms with van der Waals surface area (Å²) in [5.74, 6) is -0.0731. The van der Waals surface area contributed by atoms with Crippen molar-refractivity contribution in [1.29, 1.82) is 0 Å². The Bertz CT molecular complexity index is 435. The van der Waals surface area contributed by atoms with Crippen molar-refractivity contribution in [3.8, 4) is 0 Å². The number of aromatic nitrogens is 1. The molecule has 3 N–H and O–H groups in total. The molecule has 0 atom stereocenters. The minimum absolute atomic E-state index is 0.0731. The predicted octanol–water partition coefficient (Wildman–Crippen LogP) is 2.16. The molecule has 0 aromatic carbocycles. The van der Waals surface area contributed by atoms with Crippen LogP contribution in [0.2, 0.25) is 5.02 Å². The van der Waals surface area contributed by atoms with Gasteiger partial charge in [0.2, 0.25) is 0 Å². The average molecular weight is 270 g/mol. The van der Waals surface area contributed by atoms with Crippen LogP contribution in [0.4, 0.5) is 0 Å². The number of amides is 1. The highest BCUT2D eigenvalue weighted by molar-refractivity contribution is 6.31. The van der Waals surface area contributed by atoms with Crippen molar-refractivity contribution in [2.75, 3.05) is 6.54 Å². The van der Waals surface area contributed by atoms with Gasteiger partial charge in [0.05, 0.1) is 10.6 Å². The molecular weight excluding hydrogens is 250 g/mol. The molecule has 0 saturated heterocycles. The molecule has 5 heteroatoms. The van der Waals surface area contributed by atoms with Crippen molar-refractivity contribution in [2.24, 2.45) is 5.73 Å². The van der Waals surface area contributed by atoms with E-state index in [9.17, 15) is 4.79 Å². The van der Waals surface area contributed by atoms with E-state index in [4.69, 9.17) is 17.3 Å². The molecule has 1 saturated carbocycles. The second-order valence-electron chi connectivity index (χ2n) is 4.98. The fourth-order valence-electron chi connectivity index (χ4n) is 2.66. The maximum absolute atomic E-state index is 12.3. The maximum Gasteiger partial charge on any atom is 0.268 e. The third-order valence-corrected chi connectivity index (χ3v) is 3.97. The largest absolute Gasteiger partial charge is 0.344 e. The summed E-state index contributed by atoms with van der Waals surface area (Å²) in [4.78, 5) is 12.3.